The average molecular weight is 373 g/mol. The van der Waals surface area contributed by atoms with Crippen molar-refractivity contribution in [3.05, 3.63) is 70.7 Å². The van der Waals surface area contributed by atoms with Gasteiger partial charge in [-0.15, -0.1) is 0 Å². The van der Waals surface area contributed by atoms with Crippen LogP contribution in [0.25, 0.3) is 0 Å². The van der Waals surface area contributed by atoms with Gasteiger partial charge in [0.1, 0.15) is 0 Å². The van der Waals surface area contributed by atoms with Crippen molar-refractivity contribution in [2.24, 2.45) is 0 Å². The first-order valence-corrected chi connectivity index (χ1v) is 9.18. The number of nitrogens with one attached hydrogen (secondary N) is 1. The number of benzene rings is 2. The lowest BCUT2D eigenvalue weighted by molar-refractivity contribution is -0.129. The van der Waals surface area contributed by atoms with Gasteiger partial charge in [-0.3, -0.25) is 9.59 Å². The van der Waals surface area contributed by atoms with Crippen LogP contribution in [0.4, 0.5) is 0 Å². The van der Waals surface area contributed by atoms with E-state index < -0.39 is 0 Å². The fraction of sp³-hybridized carbons (Fsp3) is 0.333. The largest absolute Gasteiger partial charge is 0.350 e. The van der Waals surface area contributed by atoms with Crippen molar-refractivity contribution in [2.75, 3.05) is 13.1 Å². The quantitative estimate of drug-likeness (QED) is 0.761. The molecule has 0 radical (unpaired) electrons. The maximum atomic E-state index is 12.2. The number of hydrogen-bond acceptors (Lipinski definition) is 2. The third kappa shape index (κ3) is 6.52. The minimum atomic E-state index is -0.0564. The Labute approximate surface area is 160 Å². The first kappa shape index (κ1) is 20.0. The fourth-order valence-electron chi connectivity index (χ4n) is 2.72. The zero-order valence-corrected chi connectivity index (χ0v) is 16.0. The van der Waals surface area contributed by atoms with Gasteiger partial charge in [0.25, 0.3) is 0 Å². The molecule has 0 fully saturated rings. The van der Waals surface area contributed by atoms with Crippen molar-refractivity contribution in [2.45, 2.75) is 32.7 Å². The van der Waals surface area contributed by atoms with Gasteiger partial charge in [0.15, 0.2) is 0 Å². The molecule has 0 aromatic heterocycles. The molecule has 2 aromatic rings. The van der Waals surface area contributed by atoms with E-state index in [0.29, 0.717) is 18.1 Å². The maximum Gasteiger partial charge on any atom is 0.222 e. The van der Waals surface area contributed by atoms with Crippen molar-refractivity contribution in [3.8, 4) is 0 Å². The number of hydrogen-bond donors (Lipinski definition) is 1. The van der Waals surface area contributed by atoms with E-state index in [1.54, 1.807) is 4.90 Å². The minimum Gasteiger partial charge on any atom is -0.350 e. The molecule has 26 heavy (non-hydrogen) atoms. The molecule has 1 N–H and O–H groups in total. The van der Waals surface area contributed by atoms with Crippen LogP contribution in [0.1, 0.15) is 37.4 Å². The van der Waals surface area contributed by atoms with Gasteiger partial charge in [0.05, 0.1) is 6.04 Å². The van der Waals surface area contributed by atoms with Crippen molar-refractivity contribution in [1.29, 1.82) is 0 Å². The number of carbonyl (C=O) groups excluding carboxylic acids is 2. The molecule has 5 heteroatoms. The van der Waals surface area contributed by atoms with E-state index in [-0.39, 0.29) is 24.3 Å². The summed E-state index contributed by atoms with van der Waals surface area (Å²) in [5.41, 5.74) is 2.18. The Kier molecular flexibility index (Phi) is 7.67. The molecule has 0 aliphatic carbocycles. The zero-order valence-electron chi connectivity index (χ0n) is 15.2. The van der Waals surface area contributed by atoms with Crippen molar-refractivity contribution < 1.29 is 9.59 Å². The van der Waals surface area contributed by atoms with Crippen molar-refractivity contribution in [3.63, 3.8) is 0 Å². The van der Waals surface area contributed by atoms with Crippen molar-refractivity contribution in [1.82, 2.24) is 10.2 Å². The first-order chi connectivity index (χ1) is 12.5. The SMILES string of the molecule is CC(=O)N(CCC(=O)NC(C)c1ccccc1)CCc1ccc(Cl)cc1. The molecular formula is C21H25ClN2O2. The molecule has 0 aliphatic heterocycles. The summed E-state index contributed by atoms with van der Waals surface area (Å²) in [6, 6.07) is 17.4. The van der Waals surface area contributed by atoms with E-state index >= 15 is 0 Å². The lowest BCUT2D eigenvalue weighted by Crippen LogP contribution is -2.35. The minimum absolute atomic E-state index is 0.0251. The summed E-state index contributed by atoms with van der Waals surface area (Å²) in [5.74, 6) is -0.0815. The van der Waals surface area contributed by atoms with E-state index in [1.165, 1.54) is 6.92 Å². The second-order valence-corrected chi connectivity index (χ2v) is 6.77. The number of rotatable bonds is 8. The third-order valence-electron chi connectivity index (χ3n) is 4.31. The lowest BCUT2D eigenvalue weighted by atomic mass is 10.1. The lowest BCUT2D eigenvalue weighted by Gasteiger charge is -2.21. The van der Waals surface area contributed by atoms with Crippen molar-refractivity contribution >= 4 is 23.4 Å². The summed E-state index contributed by atoms with van der Waals surface area (Å²) in [5, 5.41) is 3.67. The Morgan fingerprint density at radius 3 is 2.31 bits per heavy atom. The zero-order chi connectivity index (χ0) is 18.9. The number of halogens is 1. The molecule has 138 valence electrons. The molecule has 0 bridgehead atoms. The standard InChI is InChI=1S/C21H25ClN2O2/c1-16(19-6-4-3-5-7-19)23-21(26)13-15-24(17(2)25)14-12-18-8-10-20(22)11-9-18/h3-11,16H,12-15H2,1-2H3,(H,23,26). The molecule has 2 rings (SSSR count). The summed E-state index contributed by atoms with van der Waals surface area (Å²) in [4.78, 5) is 25.8. The molecule has 1 atom stereocenters. The van der Waals surface area contributed by atoms with E-state index in [1.807, 2.05) is 61.5 Å². The van der Waals surface area contributed by atoms with Crippen LogP contribution >= 0.6 is 11.6 Å². The van der Waals surface area contributed by atoms with Crippen LogP contribution in [0.15, 0.2) is 54.6 Å². The Hall–Kier alpha value is -2.33. The highest BCUT2D eigenvalue weighted by Crippen LogP contribution is 2.12. The van der Waals surface area contributed by atoms with E-state index in [4.69, 9.17) is 11.6 Å². The molecule has 0 aliphatic rings. The van der Waals surface area contributed by atoms with Crippen LogP contribution in [0, 0.1) is 0 Å². The van der Waals surface area contributed by atoms with Crippen LogP contribution in [-0.4, -0.2) is 29.8 Å². The van der Waals surface area contributed by atoms with Crippen LogP contribution in [0.3, 0.4) is 0 Å². The van der Waals surface area contributed by atoms with Gasteiger partial charge in [0, 0.05) is 31.5 Å². The molecule has 1 unspecified atom stereocenters. The summed E-state index contributed by atoms with van der Waals surface area (Å²) in [7, 11) is 0. The summed E-state index contributed by atoms with van der Waals surface area (Å²) < 4.78 is 0. The van der Waals surface area contributed by atoms with E-state index in [2.05, 4.69) is 5.32 Å². The highest BCUT2D eigenvalue weighted by Gasteiger charge is 2.13. The van der Waals surface area contributed by atoms with Gasteiger partial charge in [-0.2, -0.15) is 0 Å². The summed E-state index contributed by atoms with van der Waals surface area (Å²) >= 11 is 5.89. The second kappa shape index (κ2) is 9.97. The number of nitrogens with zero attached hydrogens (tertiary/aromatic N) is 1. The van der Waals surface area contributed by atoms with Gasteiger partial charge in [-0.05, 0) is 36.6 Å². The van der Waals surface area contributed by atoms with Gasteiger partial charge >= 0.3 is 0 Å². The molecule has 0 saturated carbocycles. The normalized spacial score (nSPS) is 11.7. The monoisotopic (exact) mass is 372 g/mol. The molecule has 2 aromatic carbocycles. The Morgan fingerprint density at radius 1 is 1.04 bits per heavy atom. The average Bonchev–Trinajstić information content (AvgIpc) is 2.63. The van der Waals surface area contributed by atoms with Crippen LogP contribution in [0.2, 0.25) is 5.02 Å². The fourth-order valence-corrected chi connectivity index (χ4v) is 2.84. The van der Waals surface area contributed by atoms with E-state index in [0.717, 1.165) is 17.5 Å². The van der Waals surface area contributed by atoms with Gasteiger partial charge in [0.2, 0.25) is 11.8 Å². The van der Waals surface area contributed by atoms with Gasteiger partial charge in [-0.25, -0.2) is 0 Å². The Balaban J connectivity index is 1.80. The highest BCUT2D eigenvalue weighted by molar-refractivity contribution is 6.30. The topological polar surface area (TPSA) is 49.4 Å². The predicted octanol–water partition coefficient (Wildman–Crippen LogP) is 4.00. The van der Waals surface area contributed by atoms with E-state index in [9.17, 15) is 9.59 Å². The molecule has 0 spiro atoms. The maximum absolute atomic E-state index is 12.2. The van der Waals surface area contributed by atoms with Crippen LogP contribution < -0.4 is 5.32 Å². The molecule has 0 saturated heterocycles. The highest BCUT2D eigenvalue weighted by atomic mass is 35.5. The van der Waals surface area contributed by atoms with Crippen LogP contribution in [-0.2, 0) is 16.0 Å². The molecule has 4 nitrogen and oxygen atoms in total. The molecule has 2 amide bonds. The van der Waals surface area contributed by atoms with Crippen LogP contribution in [0.5, 0.6) is 0 Å². The predicted molar refractivity (Wildman–Crippen MR) is 105 cm³/mol. The first-order valence-electron chi connectivity index (χ1n) is 8.80. The van der Waals surface area contributed by atoms with Gasteiger partial charge in [-0.1, -0.05) is 54.1 Å². The number of carbonyl (C=O) groups is 2. The Bertz CT molecular complexity index is 717. The number of amides is 2. The van der Waals surface area contributed by atoms with Gasteiger partial charge < -0.3 is 10.2 Å². The molecule has 0 heterocycles. The third-order valence-corrected chi connectivity index (χ3v) is 4.57. The smallest absolute Gasteiger partial charge is 0.222 e. The summed E-state index contributed by atoms with van der Waals surface area (Å²) in [6.45, 7) is 4.48. The summed E-state index contributed by atoms with van der Waals surface area (Å²) in [6.07, 6.45) is 1.02. The molecular weight excluding hydrogens is 348 g/mol. The Morgan fingerprint density at radius 2 is 1.69 bits per heavy atom. The second-order valence-electron chi connectivity index (χ2n) is 6.33.